The molecule has 29 heavy (non-hydrogen) atoms. The van der Waals surface area contributed by atoms with Crippen molar-refractivity contribution in [1.29, 1.82) is 0 Å². The normalized spacial score (nSPS) is 12.4. The van der Waals surface area contributed by atoms with Crippen molar-refractivity contribution in [2.45, 2.75) is 24.8 Å². The van der Waals surface area contributed by atoms with Crippen LogP contribution in [0.4, 0.5) is 10.1 Å². The second-order valence-corrected chi connectivity index (χ2v) is 8.26. The Kier molecular flexibility index (Phi) is 6.05. The van der Waals surface area contributed by atoms with E-state index in [9.17, 15) is 17.6 Å². The van der Waals surface area contributed by atoms with E-state index >= 15 is 0 Å². The molecular weight excluding hydrogens is 393 g/mol. The van der Waals surface area contributed by atoms with Gasteiger partial charge in [-0.2, -0.15) is 0 Å². The standard InChI is InChI=1S/C21H20FN3O3S/c1-14-12-17(9-10-19(14)22)24-21(26)16-6-5-7-18(13-16)29(27,28)25-15(2)20-8-3-4-11-23-20/h3-13,15,25H,1-2H3,(H,24,26). The van der Waals surface area contributed by atoms with Crippen LogP contribution in [0.15, 0.2) is 71.8 Å². The Morgan fingerprint density at radius 3 is 2.55 bits per heavy atom. The van der Waals surface area contributed by atoms with Crippen LogP contribution in [0.25, 0.3) is 0 Å². The maximum Gasteiger partial charge on any atom is 0.255 e. The molecule has 0 spiro atoms. The first-order valence-electron chi connectivity index (χ1n) is 8.87. The monoisotopic (exact) mass is 413 g/mol. The van der Waals surface area contributed by atoms with Gasteiger partial charge in [0.15, 0.2) is 0 Å². The van der Waals surface area contributed by atoms with Crippen molar-refractivity contribution < 1.29 is 17.6 Å². The average molecular weight is 413 g/mol. The molecule has 1 amide bonds. The van der Waals surface area contributed by atoms with Gasteiger partial charge in [0.05, 0.1) is 16.6 Å². The number of carbonyl (C=O) groups excluding carboxylic acids is 1. The van der Waals surface area contributed by atoms with E-state index in [4.69, 9.17) is 0 Å². The van der Waals surface area contributed by atoms with Crippen LogP contribution in [-0.4, -0.2) is 19.3 Å². The number of rotatable bonds is 6. The summed E-state index contributed by atoms with van der Waals surface area (Å²) in [7, 11) is -3.87. The predicted octanol–water partition coefficient (Wildman–Crippen LogP) is 3.82. The maximum absolute atomic E-state index is 13.4. The zero-order valence-electron chi connectivity index (χ0n) is 15.9. The van der Waals surface area contributed by atoms with Gasteiger partial charge in [0, 0.05) is 17.4 Å². The molecule has 1 unspecified atom stereocenters. The molecule has 0 saturated heterocycles. The van der Waals surface area contributed by atoms with Crippen LogP contribution < -0.4 is 10.0 Å². The molecule has 1 atom stereocenters. The molecule has 0 aliphatic rings. The van der Waals surface area contributed by atoms with Gasteiger partial charge in [0.25, 0.3) is 5.91 Å². The molecule has 6 nitrogen and oxygen atoms in total. The molecule has 8 heteroatoms. The van der Waals surface area contributed by atoms with E-state index in [1.807, 2.05) is 0 Å². The third-order valence-corrected chi connectivity index (χ3v) is 5.82. The minimum atomic E-state index is -3.87. The zero-order valence-corrected chi connectivity index (χ0v) is 16.7. The van der Waals surface area contributed by atoms with Gasteiger partial charge in [-0.3, -0.25) is 9.78 Å². The number of nitrogens with one attached hydrogen (secondary N) is 2. The highest BCUT2D eigenvalue weighted by Gasteiger charge is 2.20. The first kappa shape index (κ1) is 20.6. The Hall–Kier alpha value is -3.10. The van der Waals surface area contributed by atoms with Crippen molar-refractivity contribution in [2.75, 3.05) is 5.32 Å². The largest absolute Gasteiger partial charge is 0.322 e. The molecule has 0 bridgehead atoms. The summed E-state index contributed by atoms with van der Waals surface area (Å²) in [6.07, 6.45) is 1.59. The topological polar surface area (TPSA) is 88.2 Å². The number of carbonyl (C=O) groups is 1. The number of benzene rings is 2. The Bertz CT molecular complexity index is 1130. The molecule has 3 rings (SSSR count). The van der Waals surface area contributed by atoms with Gasteiger partial charge in [-0.15, -0.1) is 0 Å². The van der Waals surface area contributed by atoms with E-state index in [0.717, 1.165) is 0 Å². The number of nitrogens with zero attached hydrogens (tertiary/aromatic N) is 1. The fraction of sp³-hybridized carbons (Fsp3) is 0.143. The molecule has 0 aliphatic heterocycles. The van der Waals surface area contributed by atoms with Crippen LogP contribution >= 0.6 is 0 Å². The van der Waals surface area contributed by atoms with Crippen LogP contribution in [0.1, 0.15) is 34.6 Å². The lowest BCUT2D eigenvalue weighted by atomic mass is 10.2. The van der Waals surface area contributed by atoms with E-state index in [1.54, 1.807) is 38.2 Å². The average Bonchev–Trinajstić information content (AvgIpc) is 2.71. The van der Waals surface area contributed by atoms with Crippen LogP contribution in [0.3, 0.4) is 0 Å². The van der Waals surface area contributed by atoms with Crippen molar-refractivity contribution in [1.82, 2.24) is 9.71 Å². The van der Waals surface area contributed by atoms with Gasteiger partial charge in [0.1, 0.15) is 5.82 Å². The van der Waals surface area contributed by atoms with Gasteiger partial charge >= 0.3 is 0 Å². The Morgan fingerprint density at radius 1 is 1.07 bits per heavy atom. The highest BCUT2D eigenvalue weighted by Crippen LogP contribution is 2.18. The van der Waals surface area contributed by atoms with Gasteiger partial charge in [0.2, 0.25) is 10.0 Å². The van der Waals surface area contributed by atoms with E-state index in [1.165, 1.54) is 42.5 Å². The fourth-order valence-electron chi connectivity index (χ4n) is 2.72. The number of hydrogen-bond donors (Lipinski definition) is 2. The summed E-state index contributed by atoms with van der Waals surface area (Å²) in [5.74, 6) is -0.866. The van der Waals surface area contributed by atoms with Crippen molar-refractivity contribution in [3.8, 4) is 0 Å². The molecule has 0 fully saturated rings. The fourth-order valence-corrected chi connectivity index (χ4v) is 3.99. The van der Waals surface area contributed by atoms with Crippen molar-refractivity contribution in [2.24, 2.45) is 0 Å². The van der Waals surface area contributed by atoms with Crippen LogP contribution in [0.2, 0.25) is 0 Å². The molecule has 0 radical (unpaired) electrons. The number of sulfonamides is 1. The van der Waals surface area contributed by atoms with Crippen molar-refractivity contribution in [3.63, 3.8) is 0 Å². The van der Waals surface area contributed by atoms with Gasteiger partial charge in [-0.05, 0) is 67.9 Å². The molecule has 3 aromatic rings. The number of anilines is 1. The van der Waals surface area contributed by atoms with Gasteiger partial charge < -0.3 is 5.32 Å². The quantitative estimate of drug-likeness (QED) is 0.643. The molecule has 2 N–H and O–H groups in total. The third kappa shape index (κ3) is 5.04. The number of hydrogen-bond acceptors (Lipinski definition) is 4. The lowest BCUT2D eigenvalue weighted by Crippen LogP contribution is -2.27. The third-order valence-electron chi connectivity index (χ3n) is 4.29. The second-order valence-electron chi connectivity index (χ2n) is 6.54. The molecule has 1 aromatic heterocycles. The highest BCUT2D eigenvalue weighted by atomic mass is 32.2. The number of pyridine rings is 1. The van der Waals surface area contributed by atoms with Gasteiger partial charge in [-0.1, -0.05) is 12.1 Å². The summed E-state index contributed by atoms with van der Waals surface area (Å²) in [5, 5.41) is 2.64. The highest BCUT2D eigenvalue weighted by molar-refractivity contribution is 7.89. The lowest BCUT2D eigenvalue weighted by molar-refractivity contribution is 0.102. The first-order chi connectivity index (χ1) is 13.8. The van der Waals surface area contributed by atoms with E-state index in [2.05, 4.69) is 15.0 Å². The first-order valence-corrected chi connectivity index (χ1v) is 10.4. The number of aryl methyl sites for hydroxylation is 1. The lowest BCUT2D eigenvalue weighted by Gasteiger charge is -2.14. The molecule has 0 aliphatic carbocycles. The minimum absolute atomic E-state index is 0.0387. The summed E-state index contributed by atoms with van der Waals surface area (Å²) >= 11 is 0. The molecule has 2 aromatic carbocycles. The van der Waals surface area contributed by atoms with E-state index in [-0.39, 0.29) is 16.3 Å². The Morgan fingerprint density at radius 2 is 1.86 bits per heavy atom. The Labute approximate surface area is 168 Å². The van der Waals surface area contributed by atoms with Gasteiger partial charge in [-0.25, -0.2) is 17.5 Å². The second kappa shape index (κ2) is 8.50. The SMILES string of the molecule is Cc1cc(NC(=O)c2cccc(S(=O)(=O)NC(C)c3ccccn3)c2)ccc1F. The summed E-state index contributed by atoms with van der Waals surface area (Å²) in [6, 6.07) is 14.6. The molecule has 0 saturated carbocycles. The number of halogens is 1. The predicted molar refractivity (Wildman–Crippen MR) is 109 cm³/mol. The summed E-state index contributed by atoms with van der Waals surface area (Å²) in [4.78, 5) is 16.6. The molecule has 150 valence electrons. The van der Waals surface area contributed by atoms with Crippen LogP contribution in [0, 0.1) is 12.7 Å². The number of amides is 1. The number of aromatic nitrogens is 1. The van der Waals surface area contributed by atoms with E-state index < -0.39 is 22.0 Å². The van der Waals surface area contributed by atoms with Crippen molar-refractivity contribution >= 4 is 21.6 Å². The van der Waals surface area contributed by atoms with Crippen LogP contribution in [-0.2, 0) is 10.0 Å². The summed E-state index contributed by atoms with van der Waals surface area (Å²) in [6.45, 7) is 3.28. The molecule has 1 heterocycles. The van der Waals surface area contributed by atoms with Crippen molar-refractivity contribution in [3.05, 3.63) is 89.5 Å². The zero-order chi connectivity index (χ0) is 21.0. The smallest absolute Gasteiger partial charge is 0.255 e. The Balaban J connectivity index is 1.78. The summed E-state index contributed by atoms with van der Waals surface area (Å²) < 4.78 is 41.4. The van der Waals surface area contributed by atoms with E-state index in [0.29, 0.717) is 16.9 Å². The minimum Gasteiger partial charge on any atom is -0.322 e. The molecular formula is C21H20FN3O3S. The maximum atomic E-state index is 13.4. The van der Waals surface area contributed by atoms with Crippen LogP contribution in [0.5, 0.6) is 0 Å². The summed E-state index contributed by atoms with van der Waals surface area (Å²) in [5.41, 5.74) is 1.56.